The van der Waals surface area contributed by atoms with Crippen molar-refractivity contribution in [3.63, 3.8) is 0 Å². The molecule has 0 atom stereocenters. The van der Waals surface area contributed by atoms with Crippen LogP contribution in [0.2, 0.25) is 0 Å². The molecular weight excluding hydrogens is 300 g/mol. The van der Waals surface area contributed by atoms with Crippen molar-refractivity contribution < 1.29 is 4.42 Å². The van der Waals surface area contributed by atoms with E-state index in [4.69, 9.17) is 4.42 Å². The Morgan fingerprint density at radius 1 is 1.00 bits per heavy atom. The van der Waals surface area contributed by atoms with E-state index in [1.54, 1.807) is 0 Å². The number of hydrogen-bond acceptors (Lipinski definition) is 4. The molecule has 0 aliphatic carbocycles. The Morgan fingerprint density at radius 3 is 2.33 bits per heavy atom. The first-order chi connectivity index (χ1) is 11.7. The summed E-state index contributed by atoms with van der Waals surface area (Å²) in [5.41, 5.74) is 3.84. The molecule has 0 fully saturated rings. The van der Waals surface area contributed by atoms with Crippen molar-refractivity contribution in [2.75, 3.05) is 30.4 Å². The molecular formula is C20H22N2O2. The Kier molecular flexibility index (Phi) is 4.56. The highest BCUT2D eigenvalue weighted by Crippen LogP contribution is 2.25. The average molecular weight is 322 g/mol. The molecule has 1 heterocycles. The van der Waals surface area contributed by atoms with Crippen LogP contribution in [0.5, 0.6) is 0 Å². The van der Waals surface area contributed by atoms with Crippen LogP contribution in [-0.4, -0.2) is 20.1 Å². The molecule has 0 saturated carbocycles. The lowest BCUT2D eigenvalue weighted by Crippen LogP contribution is -2.21. The number of rotatable bonds is 5. The summed E-state index contributed by atoms with van der Waals surface area (Å²) in [4.78, 5) is 14.6. The van der Waals surface area contributed by atoms with Gasteiger partial charge in [0.2, 0.25) is 0 Å². The summed E-state index contributed by atoms with van der Waals surface area (Å²) in [6.07, 6.45) is 0. The lowest BCUT2D eigenvalue weighted by atomic mass is 10.1. The molecule has 4 nitrogen and oxygen atoms in total. The molecule has 0 amide bonds. The fourth-order valence-corrected chi connectivity index (χ4v) is 2.90. The second-order valence-electron chi connectivity index (χ2n) is 5.67. The first-order valence-electron chi connectivity index (χ1n) is 8.27. The maximum absolute atomic E-state index is 12.4. The zero-order valence-electron chi connectivity index (χ0n) is 14.3. The highest BCUT2D eigenvalue weighted by atomic mass is 16.4. The Labute approximate surface area is 141 Å². The Balaban J connectivity index is 2.07. The Morgan fingerprint density at radius 2 is 1.71 bits per heavy atom. The topological polar surface area (TPSA) is 45.5 Å². The first kappa shape index (κ1) is 16.1. The van der Waals surface area contributed by atoms with Gasteiger partial charge in [0.25, 0.3) is 0 Å². The highest BCUT2D eigenvalue weighted by molar-refractivity contribution is 5.84. The third-order valence-corrected chi connectivity index (χ3v) is 4.33. The smallest absolute Gasteiger partial charge is 0.344 e. The van der Waals surface area contributed by atoms with Gasteiger partial charge in [-0.25, -0.2) is 4.79 Å². The Hall–Kier alpha value is -2.75. The molecule has 0 bridgehead atoms. The van der Waals surface area contributed by atoms with Gasteiger partial charge in [-0.05, 0) is 49.7 Å². The second kappa shape index (κ2) is 6.79. The van der Waals surface area contributed by atoms with Gasteiger partial charge in [0.15, 0.2) is 0 Å². The highest BCUT2D eigenvalue weighted by Gasteiger charge is 2.10. The van der Waals surface area contributed by atoms with Gasteiger partial charge in [0, 0.05) is 43.0 Å². The van der Waals surface area contributed by atoms with Gasteiger partial charge in [-0.3, -0.25) is 0 Å². The number of nitrogens with one attached hydrogen (secondary N) is 1. The van der Waals surface area contributed by atoms with E-state index in [-0.39, 0.29) is 5.63 Å². The average Bonchev–Trinajstić information content (AvgIpc) is 2.62. The third kappa shape index (κ3) is 3.00. The molecule has 0 spiro atoms. The van der Waals surface area contributed by atoms with Crippen LogP contribution in [-0.2, 0) is 0 Å². The first-order valence-corrected chi connectivity index (χ1v) is 8.27. The lowest BCUT2D eigenvalue weighted by molar-refractivity contribution is 0.563. The summed E-state index contributed by atoms with van der Waals surface area (Å²) in [6.45, 7) is 6.06. The molecule has 0 unspecified atom stereocenters. The molecule has 0 radical (unpaired) electrons. The fourth-order valence-electron chi connectivity index (χ4n) is 2.90. The van der Waals surface area contributed by atoms with Crippen LogP contribution in [0, 0.1) is 0 Å². The standard InChI is InChI=1S/C20H22N2O2/c1-4-22(5-2)17-11-8-15-12-18(20(23)24-19(15)13-17)14-6-9-16(21-3)10-7-14/h6-13,21H,4-5H2,1-3H3. The van der Waals surface area contributed by atoms with E-state index in [9.17, 15) is 4.79 Å². The van der Waals surface area contributed by atoms with E-state index in [0.717, 1.165) is 35.4 Å². The van der Waals surface area contributed by atoms with E-state index in [1.807, 2.05) is 49.5 Å². The van der Waals surface area contributed by atoms with Crippen molar-refractivity contribution in [1.82, 2.24) is 0 Å². The van der Waals surface area contributed by atoms with Gasteiger partial charge in [-0.15, -0.1) is 0 Å². The van der Waals surface area contributed by atoms with Gasteiger partial charge in [-0.1, -0.05) is 12.1 Å². The number of fused-ring (bicyclic) bond motifs is 1. The molecule has 124 valence electrons. The van der Waals surface area contributed by atoms with Crippen molar-refractivity contribution >= 4 is 22.3 Å². The van der Waals surface area contributed by atoms with Crippen LogP contribution >= 0.6 is 0 Å². The quantitative estimate of drug-likeness (QED) is 0.709. The van der Waals surface area contributed by atoms with Crippen molar-refractivity contribution in [2.45, 2.75) is 13.8 Å². The molecule has 0 aliphatic rings. The summed E-state index contributed by atoms with van der Waals surface area (Å²) in [6, 6.07) is 15.7. The minimum Gasteiger partial charge on any atom is -0.422 e. The SMILES string of the molecule is CCN(CC)c1ccc2cc(-c3ccc(NC)cc3)c(=O)oc2c1. The van der Waals surface area contributed by atoms with Crippen LogP contribution in [0.15, 0.2) is 57.7 Å². The van der Waals surface area contributed by atoms with Crippen molar-refractivity contribution in [1.29, 1.82) is 0 Å². The molecule has 1 N–H and O–H groups in total. The van der Waals surface area contributed by atoms with E-state index in [1.165, 1.54) is 0 Å². The minimum atomic E-state index is -0.309. The van der Waals surface area contributed by atoms with E-state index in [0.29, 0.717) is 11.1 Å². The summed E-state index contributed by atoms with van der Waals surface area (Å²) in [5.74, 6) is 0. The zero-order chi connectivity index (χ0) is 17.1. The van der Waals surface area contributed by atoms with Gasteiger partial charge in [-0.2, -0.15) is 0 Å². The summed E-state index contributed by atoms with van der Waals surface area (Å²) >= 11 is 0. The van der Waals surface area contributed by atoms with Crippen LogP contribution < -0.4 is 15.8 Å². The van der Waals surface area contributed by atoms with Crippen LogP contribution in [0.1, 0.15) is 13.8 Å². The van der Waals surface area contributed by atoms with Crippen molar-refractivity contribution in [2.24, 2.45) is 0 Å². The van der Waals surface area contributed by atoms with E-state index >= 15 is 0 Å². The normalized spacial score (nSPS) is 10.8. The van der Waals surface area contributed by atoms with E-state index in [2.05, 4.69) is 30.1 Å². The van der Waals surface area contributed by atoms with Gasteiger partial charge in [0.05, 0.1) is 5.56 Å². The number of benzene rings is 2. The third-order valence-electron chi connectivity index (χ3n) is 4.33. The molecule has 3 rings (SSSR count). The van der Waals surface area contributed by atoms with E-state index < -0.39 is 0 Å². The fraction of sp³-hybridized carbons (Fsp3) is 0.250. The molecule has 3 aromatic rings. The number of nitrogens with zero attached hydrogens (tertiary/aromatic N) is 1. The maximum Gasteiger partial charge on any atom is 0.344 e. The maximum atomic E-state index is 12.4. The minimum absolute atomic E-state index is 0.309. The van der Waals surface area contributed by atoms with Crippen molar-refractivity contribution in [3.05, 3.63) is 59.0 Å². The van der Waals surface area contributed by atoms with Crippen molar-refractivity contribution in [3.8, 4) is 11.1 Å². The predicted octanol–water partition coefficient (Wildman–Crippen LogP) is 4.35. The number of anilines is 2. The molecule has 0 saturated heterocycles. The zero-order valence-corrected chi connectivity index (χ0v) is 14.3. The predicted molar refractivity (Wildman–Crippen MR) is 101 cm³/mol. The number of hydrogen-bond donors (Lipinski definition) is 1. The largest absolute Gasteiger partial charge is 0.422 e. The summed E-state index contributed by atoms with van der Waals surface area (Å²) in [7, 11) is 1.87. The molecule has 4 heteroatoms. The van der Waals surface area contributed by atoms with Gasteiger partial charge in [0.1, 0.15) is 5.58 Å². The lowest BCUT2D eigenvalue weighted by Gasteiger charge is -2.21. The Bertz CT molecular complexity index is 894. The molecule has 24 heavy (non-hydrogen) atoms. The molecule has 1 aromatic heterocycles. The van der Waals surface area contributed by atoms with Gasteiger partial charge < -0.3 is 14.6 Å². The second-order valence-corrected chi connectivity index (χ2v) is 5.67. The molecule has 2 aromatic carbocycles. The summed E-state index contributed by atoms with van der Waals surface area (Å²) < 4.78 is 5.59. The molecule has 0 aliphatic heterocycles. The van der Waals surface area contributed by atoms with Crippen LogP contribution in [0.3, 0.4) is 0 Å². The van der Waals surface area contributed by atoms with Crippen LogP contribution in [0.4, 0.5) is 11.4 Å². The summed E-state index contributed by atoms with van der Waals surface area (Å²) in [5, 5.41) is 4.00. The monoisotopic (exact) mass is 322 g/mol. The van der Waals surface area contributed by atoms with Crippen LogP contribution in [0.25, 0.3) is 22.1 Å². The van der Waals surface area contributed by atoms with Gasteiger partial charge >= 0.3 is 5.63 Å².